The van der Waals surface area contributed by atoms with Crippen LogP contribution >= 0.6 is 0 Å². The molecule has 0 unspecified atom stereocenters. The lowest BCUT2D eigenvalue weighted by molar-refractivity contribution is -0.118. The van der Waals surface area contributed by atoms with Crippen LogP contribution in [0.1, 0.15) is 11.1 Å². The summed E-state index contributed by atoms with van der Waals surface area (Å²) in [4.78, 5) is 12.1. The minimum absolute atomic E-state index is 0.0569. The Morgan fingerprint density at radius 2 is 1.83 bits per heavy atom. The van der Waals surface area contributed by atoms with Gasteiger partial charge in [-0.3, -0.25) is 4.79 Å². The fourth-order valence-corrected chi connectivity index (χ4v) is 2.20. The topological polar surface area (TPSA) is 47.6 Å². The highest BCUT2D eigenvalue weighted by Crippen LogP contribution is 2.23. The second kappa shape index (κ2) is 8.03. The van der Waals surface area contributed by atoms with Gasteiger partial charge in [-0.2, -0.15) is 0 Å². The highest BCUT2D eigenvalue weighted by molar-refractivity contribution is 5.93. The Bertz CT molecular complexity index is 675. The van der Waals surface area contributed by atoms with Gasteiger partial charge in [0.2, 0.25) is 0 Å². The van der Waals surface area contributed by atoms with Crippen LogP contribution in [-0.2, 0) is 4.79 Å². The monoisotopic (exact) mass is 311 g/mol. The molecule has 2 aromatic rings. The van der Waals surface area contributed by atoms with Gasteiger partial charge in [0.05, 0.1) is 5.69 Å². The van der Waals surface area contributed by atoms with Crippen molar-refractivity contribution in [2.24, 2.45) is 0 Å². The number of carbonyl (C=O) groups excluding carboxylic acids is 1. The Morgan fingerprint density at radius 1 is 1.13 bits per heavy atom. The number of nitrogens with one attached hydrogen (secondary N) is 1. The minimum atomic E-state index is -0.237. The van der Waals surface area contributed by atoms with Gasteiger partial charge in [0.1, 0.15) is 18.1 Å². The molecule has 0 saturated heterocycles. The third-order valence-corrected chi connectivity index (χ3v) is 3.08. The highest BCUT2D eigenvalue weighted by atomic mass is 16.5. The lowest BCUT2D eigenvalue weighted by Crippen LogP contribution is -2.20. The fourth-order valence-electron chi connectivity index (χ4n) is 2.20. The van der Waals surface area contributed by atoms with Crippen molar-refractivity contribution in [2.75, 3.05) is 18.5 Å². The zero-order chi connectivity index (χ0) is 16.7. The average molecular weight is 311 g/mol. The maximum absolute atomic E-state index is 12.1. The molecule has 0 fully saturated rings. The molecular formula is C19H21NO3. The molecule has 0 spiro atoms. The Balaban J connectivity index is 1.95. The number of benzene rings is 2. The summed E-state index contributed by atoms with van der Waals surface area (Å²) in [7, 11) is 0. The van der Waals surface area contributed by atoms with Gasteiger partial charge in [-0.15, -0.1) is 0 Å². The molecule has 1 amide bonds. The molecule has 0 saturated carbocycles. The summed E-state index contributed by atoms with van der Waals surface area (Å²) in [6.45, 7) is 7.92. The molecule has 0 aliphatic carbocycles. The first kappa shape index (κ1) is 16.6. The Labute approximate surface area is 136 Å². The Morgan fingerprint density at radius 3 is 2.52 bits per heavy atom. The SMILES string of the molecule is C=CCOc1ccccc1NC(=O)COc1cc(C)cc(C)c1. The van der Waals surface area contributed by atoms with Crippen molar-refractivity contribution in [3.63, 3.8) is 0 Å². The fraction of sp³-hybridized carbons (Fsp3) is 0.211. The standard InChI is InChI=1S/C19H21NO3/c1-4-9-22-18-8-6-5-7-17(18)20-19(21)13-23-16-11-14(2)10-15(3)12-16/h4-8,10-12H,1,9,13H2,2-3H3,(H,20,21). The second-order valence-corrected chi connectivity index (χ2v) is 5.26. The van der Waals surface area contributed by atoms with Crippen LogP contribution in [0.15, 0.2) is 55.1 Å². The largest absolute Gasteiger partial charge is 0.487 e. The van der Waals surface area contributed by atoms with Gasteiger partial charge in [0.15, 0.2) is 6.61 Å². The van der Waals surface area contributed by atoms with E-state index in [4.69, 9.17) is 9.47 Å². The molecule has 2 aromatic carbocycles. The van der Waals surface area contributed by atoms with Gasteiger partial charge < -0.3 is 14.8 Å². The summed E-state index contributed by atoms with van der Waals surface area (Å²) in [6.07, 6.45) is 1.65. The number of anilines is 1. The number of hydrogen-bond donors (Lipinski definition) is 1. The lowest BCUT2D eigenvalue weighted by Gasteiger charge is -2.12. The predicted molar refractivity (Wildman–Crippen MR) is 92.2 cm³/mol. The van der Waals surface area contributed by atoms with Crippen LogP contribution in [0.25, 0.3) is 0 Å². The van der Waals surface area contributed by atoms with Gasteiger partial charge in [-0.1, -0.05) is 30.9 Å². The molecule has 120 valence electrons. The van der Waals surface area contributed by atoms with Crippen LogP contribution in [0, 0.1) is 13.8 Å². The third-order valence-electron chi connectivity index (χ3n) is 3.08. The van der Waals surface area contributed by atoms with Crippen LogP contribution in [0.2, 0.25) is 0 Å². The quantitative estimate of drug-likeness (QED) is 0.789. The Kier molecular flexibility index (Phi) is 5.80. The van der Waals surface area contributed by atoms with Crippen LogP contribution in [0.4, 0.5) is 5.69 Å². The van der Waals surface area contributed by atoms with E-state index in [9.17, 15) is 4.79 Å². The van der Waals surface area contributed by atoms with Gasteiger partial charge in [-0.25, -0.2) is 0 Å². The molecule has 0 bridgehead atoms. The minimum Gasteiger partial charge on any atom is -0.487 e. The summed E-state index contributed by atoms with van der Waals surface area (Å²) < 4.78 is 11.1. The molecule has 0 aliphatic rings. The molecule has 23 heavy (non-hydrogen) atoms. The summed E-state index contributed by atoms with van der Waals surface area (Å²) in [5.41, 5.74) is 2.82. The van der Waals surface area contributed by atoms with E-state index >= 15 is 0 Å². The first-order chi connectivity index (χ1) is 11.1. The van der Waals surface area contributed by atoms with Gasteiger partial charge in [0, 0.05) is 0 Å². The zero-order valence-electron chi connectivity index (χ0n) is 13.5. The number of rotatable bonds is 7. The number of para-hydroxylation sites is 2. The molecule has 0 aromatic heterocycles. The van der Waals surface area contributed by atoms with Crippen molar-refractivity contribution in [1.29, 1.82) is 0 Å². The second-order valence-electron chi connectivity index (χ2n) is 5.26. The van der Waals surface area contributed by atoms with E-state index in [1.807, 2.05) is 38.1 Å². The van der Waals surface area contributed by atoms with E-state index in [1.165, 1.54) is 0 Å². The molecule has 2 rings (SSSR count). The smallest absolute Gasteiger partial charge is 0.262 e. The molecule has 0 aliphatic heterocycles. The summed E-state index contributed by atoms with van der Waals surface area (Å²) in [5, 5.41) is 2.80. The van der Waals surface area contributed by atoms with Crippen molar-refractivity contribution in [1.82, 2.24) is 0 Å². The summed E-state index contributed by atoms with van der Waals surface area (Å²) in [5.74, 6) is 1.06. The molecular weight excluding hydrogens is 290 g/mol. The van der Waals surface area contributed by atoms with E-state index < -0.39 is 0 Å². The number of carbonyl (C=O) groups is 1. The van der Waals surface area contributed by atoms with E-state index in [1.54, 1.807) is 18.2 Å². The van der Waals surface area contributed by atoms with E-state index in [0.717, 1.165) is 11.1 Å². The number of amides is 1. The first-order valence-electron chi connectivity index (χ1n) is 7.42. The number of aryl methyl sites for hydroxylation is 2. The van der Waals surface area contributed by atoms with Crippen LogP contribution in [0.3, 0.4) is 0 Å². The highest BCUT2D eigenvalue weighted by Gasteiger charge is 2.08. The number of hydrogen-bond acceptors (Lipinski definition) is 3. The lowest BCUT2D eigenvalue weighted by atomic mass is 10.1. The maximum Gasteiger partial charge on any atom is 0.262 e. The molecule has 0 heterocycles. The number of ether oxygens (including phenoxy) is 2. The molecule has 1 N–H and O–H groups in total. The molecule has 0 atom stereocenters. The molecule has 4 heteroatoms. The average Bonchev–Trinajstić information content (AvgIpc) is 2.51. The van der Waals surface area contributed by atoms with E-state index in [-0.39, 0.29) is 12.5 Å². The van der Waals surface area contributed by atoms with Crippen LogP contribution in [0.5, 0.6) is 11.5 Å². The predicted octanol–water partition coefficient (Wildman–Crippen LogP) is 3.89. The zero-order valence-corrected chi connectivity index (χ0v) is 13.5. The van der Waals surface area contributed by atoms with Crippen molar-refractivity contribution in [3.8, 4) is 11.5 Å². The molecule has 0 radical (unpaired) electrons. The van der Waals surface area contributed by atoms with Gasteiger partial charge in [0.25, 0.3) is 5.91 Å². The third kappa shape index (κ3) is 5.18. The van der Waals surface area contributed by atoms with Crippen LogP contribution < -0.4 is 14.8 Å². The van der Waals surface area contributed by atoms with Gasteiger partial charge >= 0.3 is 0 Å². The van der Waals surface area contributed by atoms with Crippen molar-refractivity contribution in [2.45, 2.75) is 13.8 Å². The maximum atomic E-state index is 12.1. The van der Waals surface area contributed by atoms with E-state index in [2.05, 4.69) is 18.0 Å². The normalized spacial score (nSPS) is 10.0. The van der Waals surface area contributed by atoms with Crippen molar-refractivity contribution < 1.29 is 14.3 Å². The summed E-state index contributed by atoms with van der Waals surface area (Å²) in [6, 6.07) is 13.1. The summed E-state index contributed by atoms with van der Waals surface area (Å²) >= 11 is 0. The molecule has 4 nitrogen and oxygen atoms in total. The van der Waals surface area contributed by atoms with Crippen molar-refractivity contribution in [3.05, 3.63) is 66.2 Å². The Hall–Kier alpha value is -2.75. The van der Waals surface area contributed by atoms with Crippen LogP contribution in [-0.4, -0.2) is 19.1 Å². The van der Waals surface area contributed by atoms with Crippen molar-refractivity contribution >= 4 is 11.6 Å². The first-order valence-corrected chi connectivity index (χ1v) is 7.42. The van der Waals surface area contributed by atoms with Gasteiger partial charge in [-0.05, 0) is 49.2 Å². The van der Waals surface area contributed by atoms with E-state index in [0.29, 0.717) is 23.8 Å².